The number of hydrogen-bond donors (Lipinski definition) is 2. The predicted octanol–water partition coefficient (Wildman–Crippen LogP) is 4.74. The minimum Gasteiger partial charge on any atom is -0.322 e. The van der Waals surface area contributed by atoms with Crippen LogP contribution in [0.15, 0.2) is 46.2 Å². The molecule has 0 aliphatic heterocycles. The summed E-state index contributed by atoms with van der Waals surface area (Å²) in [6.07, 6.45) is 6.36. The first-order valence-electron chi connectivity index (χ1n) is 12.1. The molecule has 2 aromatic carbocycles. The van der Waals surface area contributed by atoms with Gasteiger partial charge in [-0.15, -0.1) is 0 Å². The first-order valence-corrected chi connectivity index (χ1v) is 15.8. The number of sulfonamides is 2. The molecule has 4 fully saturated rings. The van der Waals surface area contributed by atoms with E-state index in [9.17, 15) is 21.6 Å². The van der Waals surface area contributed by atoms with Crippen LogP contribution < -0.4 is 10.0 Å². The molecular weight excluding hydrogens is 557 g/mol. The zero-order valence-corrected chi connectivity index (χ0v) is 23.6. The summed E-state index contributed by atoms with van der Waals surface area (Å²) in [5.74, 6) is 1.18. The van der Waals surface area contributed by atoms with Crippen LogP contribution in [0.1, 0.15) is 48.9 Å². The number of carbonyl (C=O) groups excluding carboxylic acids is 1. The quantitative estimate of drug-likeness (QED) is 0.487. The molecule has 1 amide bonds. The third-order valence-electron chi connectivity index (χ3n) is 7.84. The molecule has 12 heteroatoms. The third-order valence-corrected chi connectivity index (χ3v) is 12.0. The van der Waals surface area contributed by atoms with Gasteiger partial charge in [-0.2, -0.15) is 0 Å². The van der Waals surface area contributed by atoms with Gasteiger partial charge in [-0.25, -0.2) is 25.9 Å². The molecule has 4 aliphatic rings. The average Bonchev–Trinajstić information content (AvgIpc) is 2.77. The molecule has 4 bridgehead atoms. The molecule has 200 valence electrons. The molecule has 0 unspecified atom stereocenters. The zero-order chi connectivity index (χ0) is 26.8. The van der Waals surface area contributed by atoms with E-state index in [0.29, 0.717) is 23.4 Å². The van der Waals surface area contributed by atoms with Crippen LogP contribution in [0.25, 0.3) is 0 Å². The standard InChI is InChI=1S/C25H29Cl2N3O5S2/c1-30(2)37(34,35)23-10-20(21(26)11-22(23)27)24(31)28-18-3-5-19(6-4-18)36(32,33)29-25-12-15-7-16(13-25)9-17(8-15)14-25/h3-6,10-11,15-17,29H,7-9,12-14H2,1-2H3,(H,28,31). The van der Waals surface area contributed by atoms with Gasteiger partial charge in [-0.3, -0.25) is 4.79 Å². The van der Waals surface area contributed by atoms with E-state index in [0.717, 1.165) is 29.6 Å². The van der Waals surface area contributed by atoms with Gasteiger partial charge in [0.25, 0.3) is 5.91 Å². The monoisotopic (exact) mass is 585 g/mol. The Kier molecular flexibility index (Phi) is 6.90. The summed E-state index contributed by atoms with van der Waals surface area (Å²) >= 11 is 12.3. The van der Waals surface area contributed by atoms with Gasteiger partial charge in [0, 0.05) is 25.3 Å². The normalized spacial score (nSPS) is 27.0. The SMILES string of the molecule is CN(C)S(=O)(=O)c1cc(C(=O)Nc2ccc(S(=O)(=O)NC34CC5CC(CC(C5)C3)C4)cc2)c(Cl)cc1Cl. The van der Waals surface area contributed by atoms with Gasteiger partial charge in [0.05, 0.1) is 20.5 Å². The van der Waals surface area contributed by atoms with E-state index >= 15 is 0 Å². The van der Waals surface area contributed by atoms with Crippen molar-refractivity contribution in [3.8, 4) is 0 Å². The Hall–Kier alpha value is -1.69. The highest BCUT2D eigenvalue weighted by atomic mass is 35.5. The summed E-state index contributed by atoms with van der Waals surface area (Å²) in [6, 6.07) is 8.22. The molecule has 8 nitrogen and oxygen atoms in total. The van der Waals surface area contributed by atoms with E-state index in [1.165, 1.54) is 63.7 Å². The summed E-state index contributed by atoms with van der Waals surface area (Å²) in [7, 11) is -4.93. The second-order valence-electron chi connectivity index (χ2n) is 10.8. The molecular formula is C25H29Cl2N3O5S2. The minimum absolute atomic E-state index is 0.0147. The van der Waals surface area contributed by atoms with Crippen molar-refractivity contribution >= 4 is 54.8 Å². The maximum absolute atomic E-state index is 13.2. The lowest BCUT2D eigenvalue weighted by Gasteiger charge is -2.56. The van der Waals surface area contributed by atoms with Gasteiger partial charge in [0.15, 0.2) is 0 Å². The topological polar surface area (TPSA) is 113 Å². The third kappa shape index (κ3) is 5.16. The molecule has 0 heterocycles. The second-order valence-corrected chi connectivity index (χ2v) is 15.4. The van der Waals surface area contributed by atoms with Crippen molar-refractivity contribution in [2.45, 2.75) is 53.9 Å². The Balaban J connectivity index is 1.32. The fourth-order valence-corrected chi connectivity index (χ4v) is 9.75. The number of carbonyl (C=O) groups is 1. The lowest BCUT2D eigenvalue weighted by Crippen LogP contribution is -2.59. The van der Waals surface area contributed by atoms with Gasteiger partial charge >= 0.3 is 0 Å². The van der Waals surface area contributed by atoms with Crippen LogP contribution in [0, 0.1) is 17.8 Å². The summed E-state index contributed by atoms with van der Waals surface area (Å²) in [4.78, 5) is 12.8. The summed E-state index contributed by atoms with van der Waals surface area (Å²) < 4.78 is 55.6. The summed E-state index contributed by atoms with van der Waals surface area (Å²) in [5, 5.41) is 2.53. The Morgan fingerprint density at radius 1 is 0.892 bits per heavy atom. The highest BCUT2D eigenvalue weighted by Crippen LogP contribution is 2.56. The van der Waals surface area contributed by atoms with Crippen LogP contribution >= 0.6 is 23.2 Å². The van der Waals surface area contributed by atoms with Gasteiger partial charge in [0.1, 0.15) is 4.90 Å². The lowest BCUT2D eigenvalue weighted by molar-refractivity contribution is -0.00810. The van der Waals surface area contributed by atoms with Crippen LogP contribution in [0.2, 0.25) is 10.0 Å². The van der Waals surface area contributed by atoms with Crippen LogP contribution in [0.5, 0.6) is 0 Å². The Labute approximate surface area is 227 Å². The van der Waals surface area contributed by atoms with Crippen molar-refractivity contribution in [2.24, 2.45) is 17.8 Å². The van der Waals surface area contributed by atoms with E-state index in [4.69, 9.17) is 23.2 Å². The number of nitrogens with zero attached hydrogens (tertiary/aromatic N) is 1. The number of nitrogens with one attached hydrogen (secondary N) is 2. The van der Waals surface area contributed by atoms with Crippen LogP contribution in [-0.2, 0) is 20.0 Å². The maximum Gasteiger partial charge on any atom is 0.257 e. The van der Waals surface area contributed by atoms with Crippen LogP contribution in [0.4, 0.5) is 5.69 Å². The highest BCUT2D eigenvalue weighted by molar-refractivity contribution is 7.89. The Morgan fingerprint density at radius 3 is 1.95 bits per heavy atom. The average molecular weight is 587 g/mol. The number of anilines is 1. The summed E-state index contributed by atoms with van der Waals surface area (Å²) in [6.45, 7) is 0. The highest BCUT2D eigenvalue weighted by Gasteiger charge is 2.52. The molecule has 0 aromatic heterocycles. The van der Waals surface area contributed by atoms with E-state index < -0.39 is 26.0 Å². The summed E-state index contributed by atoms with van der Waals surface area (Å²) in [5.41, 5.74) is -0.0930. The van der Waals surface area contributed by atoms with Crippen molar-refractivity contribution in [1.29, 1.82) is 0 Å². The van der Waals surface area contributed by atoms with E-state index in [1.807, 2.05) is 0 Å². The fourth-order valence-electron chi connectivity index (χ4n) is 6.59. The maximum atomic E-state index is 13.2. The van der Waals surface area contributed by atoms with Crippen molar-refractivity contribution in [2.75, 3.05) is 19.4 Å². The molecule has 6 rings (SSSR count). The predicted molar refractivity (Wildman–Crippen MR) is 143 cm³/mol. The minimum atomic E-state index is -3.91. The zero-order valence-electron chi connectivity index (χ0n) is 20.5. The number of benzene rings is 2. The van der Waals surface area contributed by atoms with Gasteiger partial charge in [-0.05, 0) is 92.7 Å². The van der Waals surface area contributed by atoms with Crippen molar-refractivity contribution in [3.63, 3.8) is 0 Å². The first-order chi connectivity index (χ1) is 17.3. The molecule has 0 saturated heterocycles. The van der Waals surface area contributed by atoms with Crippen molar-refractivity contribution < 1.29 is 21.6 Å². The lowest BCUT2D eigenvalue weighted by atomic mass is 9.53. The van der Waals surface area contributed by atoms with E-state index in [2.05, 4.69) is 10.0 Å². The number of rotatable bonds is 7. The molecule has 37 heavy (non-hydrogen) atoms. The number of hydrogen-bond acceptors (Lipinski definition) is 5. The molecule has 2 aromatic rings. The van der Waals surface area contributed by atoms with E-state index in [-0.39, 0.29) is 30.9 Å². The van der Waals surface area contributed by atoms with Gasteiger partial charge in [-0.1, -0.05) is 23.2 Å². The van der Waals surface area contributed by atoms with Gasteiger partial charge < -0.3 is 5.32 Å². The van der Waals surface area contributed by atoms with Gasteiger partial charge in [0.2, 0.25) is 20.0 Å². The second kappa shape index (κ2) is 9.50. The van der Waals surface area contributed by atoms with Crippen molar-refractivity contribution in [3.05, 3.63) is 52.0 Å². The first kappa shape index (κ1) is 26.9. The number of halogens is 2. The molecule has 4 saturated carbocycles. The molecule has 0 atom stereocenters. The van der Waals surface area contributed by atoms with Crippen molar-refractivity contribution in [1.82, 2.24) is 9.03 Å². The van der Waals surface area contributed by atoms with Crippen LogP contribution in [0.3, 0.4) is 0 Å². The molecule has 4 aliphatic carbocycles. The molecule has 2 N–H and O–H groups in total. The smallest absolute Gasteiger partial charge is 0.257 e. The molecule has 0 radical (unpaired) electrons. The number of amides is 1. The molecule has 0 spiro atoms. The largest absolute Gasteiger partial charge is 0.322 e. The Morgan fingerprint density at radius 2 is 1.43 bits per heavy atom. The van der Waals surface area contributed by atoms with E-state index in [1.54, 1.807) is 0 Å². The van der Waals surface area contributed by atoms with Crippen LogP contribution in [-0.4, -0.2) is 46.7 Å². The fraction of sp³-hybridized carbons (Fsp3) is 0.480. The Bertz CT molecular complexity index is 1420.